The van der Waals surface area contributed by atoms with Gasteiger partial charge < -0.3 is 14.7 Å². The standard InChI is InChI=1S/C27H23ClN2O5/c1-16(2)35-27(34)18-10-8-17(9-11-18)15-30-23(20-6-4-12-29-14-20)22(25(32)26(30)33)24(31)19-5-3-7-21(28)13-19/h3-14,16,23,31H,15H2,1-2H3/b24-22+. The van der Waals surface area contributed by atoms with Crippen molar-refractivity contribution in [3.63, 3.8) is 0 Å². The van der Waals surface area contributed by atoms with Gasteiger partial charge in [-0.3, -0.25) is 14.6 Å². The zero-order valence-corrected chi connectivity index (χ0v) is 19.9. The number of hydrogen-bond acceptors (Lipinski definition) is 6. The molecule has 0 saturated carbocycles. The summed E-state index contributed by atoms with van der Waals surface area (Å²) in [4.78, 5) is 43.9. The Balaban J connectivity index is 1.72. The van der Waals surface area contributed by atoms with Crippen LogP contribution in [0.1, 0.15) is 46.9 Å². The Bertz CT molecular complexity index is 1300. The summed E-state index contributed by atoms with van der Waals surface area (Å²) in [5.74, 6) is -2.29. The molecule has 0 spiro atoms. The first-order valence-corrected chi connectivity index (χ1v) is 11.4. The predicted molar refractivity (Wildman–Crippen MR) is 131 cm³/mol. The molecule has 0 aliphatic carbocycles. The first-order valence-electron chi connectivity index (χ1n) is 11.0. The number of ether oxygens (including phenoxy) is 1. The number of esters is 1. The molecule has 2 aromatic carbocycles. The minimum Gasteiger partial charge on any atom is -0.507 e. The van der Waals surface area contributed by atoms with Crippen LogP contribution in [-0.2, 0) is 20.9 Å². The molecule has 4 rings (SSSR count). The largest absolute Gasteiger partial charge is 0.507 e. The minimum atomic E-state index is -0.853. The number of aliphatic hydroxyl groups is 1. The highest BCUT2D eigenvalue weighted by Crippen LogP contribution is 2.40. The number of Topliss-reactive ketones (excluding diaryl/α,β-unsaturated/α-hetero) is 1. The van der Waals surface area contributed by atoms with E-state index in [2.05, 4.69) is 4.98 Å². The molecule has 1 amide bonds. The number of carbonyl (C=O) groups excluding carboxylic acids is 3. The van der Waals surface area contributed by atoms with Gasteiger partial charge in [0, 0.05) is 29.5 Å². The average molecular weight is 491 g/mol. The van der Waals surface area contributed by atoms with Crippen molar-refractivity contribution >= 4 is 35.0 Å². The van der Waals surface area contributed by atoms with Gasteiger partial charge in [0.15, 0.2) is 0 Å². The summed E-state index contributed by atoms with van der Waals surface area (Å²) in [6.07, 6.45) is 2.90. The van der Waals surface area contributed by atoms with Crippen LogP contribution in [0.2, 0.25) is 5.02 Å². The molecular formula is C27H23ClN2O5. The maximum atomic E-state index is 13.1. The normalized spacial score (nSPS) is 17.1. The van der Waals surface area contributed by atoms with Crippen molar-refractivity contribution in [1.29, 1.82) is 0 Å². The second-order valence-electron chi connectivity index (χ2n) is 8.37. The summed E-state index contributed by atoms with van der Waals surface area (Å²) in [6, 6.07) is 15.7. The quantitative estimate of drug-likeness (QED) is 0.228. The van der Waals surface area contributed by atoms with Crippen LogP contribution in [-0.4, -0.2) is 38.8 Å². The van der Waals surface area contributed by atoms with Crippen LogP contribution in [0, 0.1) is 0 Å². The summed E-state index contributed by atoms with van der Waals surface area (Å²) in [6.45, 7) is 3.62. The van der Waals surface area contributed by atoms with E-state index in [1.54, 1.807) is 80.8 Å². The number of likely N-dealkylation sites (tertiary alicyclic amines) is 1. The lowest BCUT2D eigenvalue weighted by molar-refractivity contribution is -0.140. The van der Waals surface area contributed by atoms with Gasteiger partial charge in [0.2, 0.25) is 0 Å². The van der Waals surface area contributed by atoms with Gasteiger partial charge in [0.05, 0.1) is 23.3 Å². The van der Waals surface area contributed by atoms with Crippen molar-refractivity contribution in [2.24, 2.45) is 0 Å². The number of rotatable bonds is 6. The molecule has 1 aliphatic heterocycles. The van der Waals surface area contributed by atoms with E-state index in [1.165, 1.54) is 11.0 Å². The second kappa shape index (κ2) is 10.1. The van der Waals surface area contributed by atoms with E-state index in [9.17, 15) is 19.5 Å². The Morgan fingerprint density at radius 2 is 1.83 bits per heavy atom. The molecule has 1 fully saturated rings. The van der Waals surface area contributed by atoms with Crippen molar-refractivity contribution in [3.05, 3.63) is 106 Å². The fourth-order valence-corrected chi connectivity index (χ4v) is 4.13. The van der Waals surface area contributed by atoms with Crippen LogP contribution in [0.5, 0.6) is 0 Å². The van der Waals surface area contributed by atoms with Gasteiger partial charge in [0.1, 0.15) is 5.76 Å². The number of ketones is 1. The summed E-state index contributed by atoms with van der Waals surface area (Å²) in [7, 11) is 0. The molecule has 0 bridgehead atoms. The highest BCUT2D eigenvalue weighted by atomic mass is 35.5. The summed E-state index contributed by atoms with van der Waals surface area (Å²) in [5.41, 5.74) is 1.95. The Morgan fingerprint density at radius 3 is 2.46 bits per heavy atom. The molecule has 35 heavy (non-hydrogen) atoms. The van der Waals surface area contributed by atoms with Gasteiger partial charge in [0.25, 0.3) is 11.7 Å². The van der Waals surface area contributed by atoms with Gasteiger partial charge in [-0.2, -0.15) is 0 Å². The van der Waals surface area contributed by atoms with Crippen LogP contribution in [0.25, 0.3) is 5.76 Å². The number of hydrogen-bond donors (Lipinski definition) is 1. The lowest BCUT2D eigenvalue weighted by atomic mass is 9.96. The van der Waals surface area contributed by atoms with E-state index in [4.69, 9.17) is 16.3 Å². The van der Waals surface area contributed by atoms with Gasteiger partial charge in [-0.1, -0.05) is 41.9 Å². The third-order valence-corrected chi connectivity index (χ3v) is 5.76. The highest BCUT2D eigenvalue weighted by molar-refractivity contribution is 6.46. The average Bonchev–Trinajstić information content (AvgIpc) is 3.09. The zero-order chi connectivity index (χ0) is 25.1. The van der Waals surface area contributed by atoms with Crippen LogP contribution >= 0.6 is 11.6 Å². The predicted octanol–water partition coefficient (Wildman–Crippen LogP) is 4.92. The molecule has 1 N–H and O–H groups in total. The van der Waals surface area contributed by atoms with Gasteiger partial charge in [-0.25, -0.2) is 4.79 Å². The molecule has 1 aliphatic rings. The Morgan fingerprint density at radius 1 is 1.09 bits per heavy atom. The molecule has 7 nitrogen and oxygen atoms in total. The smallest absolute Gasteiger partial charge is 0.338 e. The SMILES string of the molecule is CC(C)OC(=O)c1ccc(CN2C(=O)C(=O)/C(=C(/O)c3cccc(Cl)c3)C2c2cccnc2)cc1. The topological polar surface area (TPSA) is 96.8 Å². The monoisotopic (exact) mass is 490 g/mol. The van der Waals surface area contributed by atoms with Crippen molar-refractivity contribution in [2.45, 2.75) is 32.5 Å². The number of halogens is 1. The molecule has 1 saturated heterocycles. The van der Waals surface area contributed by atoms with Crippen molar-refractivity contribution < 1.29 is 24.2 Å². The Kier molecular flexibility index (Phi) is 6.98. The van der Waals surface area contributed by atoms with E-state index < -0.39 is 23.7 Å². The molecule has 1 aromatic heterocycles. The lowest BCUT2D eigenvalue weighted by Gasteiger charge is -2.25. The van der Waals surface area contributed by atoms with Crippen molar-refractivity contribution in [1.82, 2.24) is 9.88 Å². The van der Waals surface area contributed by atoms with Crippen LogP contribution < -0.4 is 0 Å². The van der Waals surface area contributed by atoms with E-state index in [1.807, 2.05) is 0 Å². The highest BCUT2D eigenvalue weighted by Gasteiger charge is 2.46. The molecule has 1 unspecified atom stereocenters. The van der Waals surface area contributed by atoms with Gasteiger partial charge >= 0.3 is 5.97 Å². The molecule has 8 heteroatoms. The van der Waals surface area contributed by atoms with Crippen molar-refractivity contribution in [2.75, 3.05) is 0 Å². The summed E-state index contributed by atoms with van der Waals surface area (Å²) < 4.78 is 5.21. The molecule has 178 valence electrons. The third kappa shape index (κ3) is 5.10. The van der Waals surface area contributed by atoms with Crippen molar-refractivity contribution in [3.8, 4) is 0 Å². The van der Waals surface area contributed by atoms with Crippen LogP contribution in [0.4, 0.5) is 0 Å². The fourth-order valence-electron chi connectivity index (χ4n) is 3.94. The molecule has 3 aromatic rings. The Hall–Kier alpha value is -3.97. The molecule has 1 atom stereocenters. The summed E-state index contributed by atoms with van der Waals surface area (Å²) >= 11 is 6.07. The first-order chi connectivity index (χ1) is 16.8. The number of benzene rings is 2. The van der Waals surface area contributed by atoms with E-state index in [0.29, 0.717) is 27.3 Å². The first kappa shape index (κ1) is 24.2. The van der Waals surface area contributed by atoms with Crippen LogP contribution in [0.15, 0.2) is 78.6 Å². The minimum absolute atomic E-state index is 0.0394. The Labute approximate surface area is 207 Å². The van der Waals surface area contributed by atoms with E-state index in [0.717, 1.165) is 0 Å². The maximum absolute atomic E-state index is 13.1. The fraction of sp³-hybridized carbons (Fsp3) is 0.185. The number of aromatic nitrogens is 1. The van der Waals surface area contributed by atoms with E-state index in [-0.39, 0.29) is 24.0 Å². The number of pyridine rings is 1. The maximum Gasteiger partial charge on any atom is 0.338 e. The number of carbonyl (C=O) groups is 3. The summed E-state index contributed by atoms with van der Waals surface area (Å²) in [5, 5.41) is 11.5. The second-order valence-corrected chi connectivity index (χ2v) is 8.81. The van der Waals surface area contributed by atoms with Gasteiger partial charge in [-0.05, 0) is 55.3 Å². The number of amides is 1. The molecular weight excluding hydrogens is 468 g/mol. The molecule has 0 radical (unpaired) electrons. The number of aliphatic hydroxyl groups excluding tert-OH is 1. The molecule has 2 heterocycles. The van der Waals surface area contributed by atoms with Crippen LogP contribution in [0.3, 0.4) is 0 Å². The zero-order valence-electron chi connectivity index (χ0n) is 19.1. The van der Waals surface area contributed by atoms with Gasteiger partial charge in [-0.15, -0.1) is 0 Å². The lowest BCUT2D eigenvalue weighted by Crippen LogP contribution is -2.29. The third-order valence-electron chi connectivity index (χ3n) is 5.52. The van der Waals surface area contributed by atoms with E-state index >= 15 is 0 Å². The number of nitrogens with zero attached hydrogens (tertiary/aromatic N) is 2.